The molecule has 0 N–H and O–H groups in total. The molecular formula is C27H34N2O2. The zero-order valence-corrected chi connectivity index (χ0v) is 19.1. The standard InChI is InChI=1S/C27H34N2O2/c1-4-29(24-11-9-20-7-5-6-8-21(20)17-24)23-13-15-27(19-28,16-14-23)22-10-12-25(30-2)26(18-22)31-3/h5-8,10,12,18,23-24H,4,9,11,13-17H2,1-3H3. The summed E-state index contributed by atoms with van der Waals surface area (Å²) in [7, 11) is 3.30. The SMILES string of the molecule is CCN(C1CCC(C#N)(c2ccc(OC)c(OC)c2)CC1)C1CCc2ccccc2C1. The molecule has 1 atom stereocenters. The number of benzene rings is 2. The Hall–Kier alpha value is -2.51. The minimum Gasteiger partial charge on any atom is -0.493 e. The first-order valence-corrected chi connectivity index (χ1v) is 11.6. The van der Waals surface area contributed by atoms with Crippen molar-refractivity contribution in [1.29, 1.82) is 5.26 Å². The zero-order valence-electron chi connectivity index (χ0n) is 19.1. The van der Waals surface area contributed by atoms with Crippen molar-refractivity contribution in [2.75, 3.05) is 20.8 Å². The number of rotatable bonds is 6. The molecule has 0 radical (unpaired) electrons. The molecule has 31 heavy (non-hydrogen) atoms. The Morgan fingerprint density at radius 1 is 0.968 bits per heavy atom. The van der Waals surface area contributed by atoms with Crippen LogP contribution in [0.1, 0.15) is 55.7 Å². The van der Waals surface area contributed by atoms with E-state index in [0.29, 0.717) is 23.6 Å². The Bertz CT molecular complexity index is 940. The van der Waals surface area contributed by atoms with E-state index in [1.54, 1.807) is 14.2 Å². The molecule has 164 valence electrons. The first kappa shape index (κ1) is 21.7. The minimum atomic E-state index is -0.436. The van der Waals surface area contributed by atoms with Crippen LogP contribution in [-0.4, -0.2) is 37.7 Å². The van der Waals surface area contributed by atoms with E-state index in [0.717, 1.165) is 44.2 Å². The second-order valence-electron chi connectivity index (χ2n) is 8.99. The molecule has 4 nitrogen and oxygen atoms in total. The van der Waals surface area contributed by atoms with Gasteiger partial charge in [-0.1, -0.05) is 37.3 Å². The fourth-order valence-corrected chi connectivity index (χ4v) is 5.80. The highest BCUT2D eigenvalue weighted by Gasteiger charge is 2.40. The maximum Gasteiger partial charge on any atom is 0.161 e. The van der Waals surface area contributed by atoms with E-state index >= 15 is 0 Å². The second kappa shape index (κ2) is 9.32. The molecule has 0 saturated heterocycles. The van der Waals surface area contributed by atoms with Crippen LogP contribution in [0.15, 0.2) is 42.5 Å². The Morgan fingerprint density at radius 3 is 2.32 bits per heavy atom. The van der Waals surface area contributed by atoms with Crippen molar-refractivity contribution in [3.63, 3.8) is 0 Å². The van der Waals surface area contributed by atoms with Gasteiger partial charge in [-0.2, -0.15) is 5.26 Å². The summed E-state index contributed by atoms with van der Waals surface area (Å²) in [5, 5.41) is 10.2. The molecule has 4 rings (SSSR count). The number of fused-ring (bicyclic) bond motifs is 1. The molecule has 0 heterocycles. The maximum atomic E-state index is 10.2. The molecule has 1 fully saturated rings. The molecule has 0 spiro atoms. The van der Waals surface area contributed by atoms with Gasteiger partial charge in [-0.25, -0.2) is 0 Å². The second-order valence-corrected chi connectivity index (χ2v) is 8.99. The van der Waals surface area contributed by atoms with Gasteiger partial charge in [-0.15, -0.1) is 0 Å². The summed E-state index contributed by atoms with van der Waals surface area (Å²) in [6.45, 7) is 3.37. The van der Waals surface area contributed by atoms with E-state index in [1.807, 2.05) is 18.2 Å². The number of ether oxygens (including phenoxy) is 2. The molecular weight excluding hydrogens is 384 g/mol. The molecule has 2 aromatic carbocycles. The van der Waals surface area contributed by atoms with Gasteiger partial charge in [-0.05, 0) is 80.3 Å². The number of hydrogen-bond donors (Lipinski definition) is 0. The Morgan fingerprint density at radius 2 is 1.68 bits per heavy atom. The van der Waals surface area contributed by atoms with E-state index in [1.165, 1.54) is 24.0 Å². The van der Waals surface area contributed by atoms with Crippen molar-refractivity contribution in [3.05, 3.63) is 59.2 Å². The summed E-state index contributed by atoms with van der Waals surface area (Å²) in [6, 6.07) is 18.7. The van der Waals surface area contributed by atoms with Gasteiger partial charge in [0, 0.05) is 12.1 Å². The van der Waals surface area contributed by atoms with Crippen LogP contribution >= 0.6 is 0 Å². The molecule has 4 heteroatoms. The number of hydrogen-bond acceptors (Lipinski definition) is 4. The summed E-state index contributed by atoms with van der Waals surface area (Å²) in [6.07, 6.45) is 7.48. The van der Waals surface area contributed by atoms with Crippen molar-refractivity contribution in [3.8, 4) is 17.6 Å². The molecule has 2 aliphatic carbocycles. The normalized spacial score (nSPS) is 25.5. The van der Waals surface area contributed by atoms with Crippen molar-refractivity contribution in [1.82, 2.24) is 4.90 Å². The van der Waals surface area contributed by atoms with Crippen LogP contribution in [0.3, 0.4) is 0 Å². The van der Waals surface area contributed by atoms with Gasteiger partial charge < -0.3 is 9.47 Å². The van der Waals surface area contributed by atoms with Crippen LogP contribution in [0.4, 0.5) is 0 Å². The summed E-state index contributed by atoms with van der Waals surface area (Å²) in [5.41, 5.74) is 3.66. The predicted molar refractivity (Wildman–Crippen MR) is 124 cm³/mol. The lowest BCUT2D eigenvalue weighted by Crippen LogP contribution is -2.48. The first-order chi connectivity index (χ1) is 15.1. The molecule has 1 saturated carbocycles. The highest BCUT2D eigenvalue weighted by Crippen LogP contribution is 2.43. The summed E-state index contributed by atoms with van der Waals surface area (Å²) in [4.78, 5) is 2.73. The van der Waals surface area contributed by atoms with Crippen molar-refractivity contribution in [2.45, 2.75) is 69.4 Å². The lowest BCUT2D eigenvalue weighted by atomic mass is 9.68. The minimum absolute atomic E-state index is 0.436. The maximum absolute atomic E-state index is 10.2. The Labute approximate surface area is 186 Å². The van der Waals surface area contributed by atoms with Gasteiger partial charge in [-0.3, -0.25) is 4.90 Å². The average molecular weight is 419 g/mol. The first-order valence-electron chi connectivity index (χ1n) is 11.6. The van der Waals surface area contributed by atoms with Gasteiger partial charge in [0.1, 0.15) is 0 Å². The molecule has 0 amide bonds. The summed E-state index contributed by atoms with van der Waals surface area (Å²) >= 11 is 0. The number of aryl methyl sites for hydroxylation is 1. The predicted octanol–water partition coefficient (Wildman–Crippen LogP) is 5.29. The van der Waals surface area contributed by atoms with E-state index in [4.69, 9.17) is 9.47 Å². The van der Waals surface area contributed by atoms with Crippen LogP contribution in [0.5, 0.6) is 11.5 Å². The largest absolute Gasteiger partial charge is 0.493 e. The van der Waals surface area contributed by atoms with E-state index in [-0.39, 0.29) is 0 Å². The third-order valence-corrected chi connectivity index (χ3v) is 7.58. The van der Waals surface area contributed by atoms with E-state index in [2.05, 4.69) is 42.2 Å². The Balaban J connectivity index is 1.48. The highest BCUT2D eigenvalue weighted by atomic mass is 16.5. The topological polar surface area (TPSA) is 45.5 Å². The summed E-state index contributed by atoms with van der Waals surface area (Å²) in [5.74, 6) is 1.41. The number of likely N-dealkylation sites (N-methyl/N-ethyl adjacent to an activating group) is 1. The van der Waals surface area contributed by atoms with E-state index in [9.17, 15) is 5.26 Å². The van der Waals surface area contributed by atoms with Crippen LogP contribution in [0.2, 0.25) is 0 Å². The summed E-state index contributed by atoms with van der Waals surface area (Å²) < 4.78 is 10.9. The third-order valence-electron chi connectivity index (χ3n) is 7.58. The van der Waals surface area contributed by atoms with Gasteiger partial charge in [0.15, 0.2) is 11.5 Å². The van der Waals surface area contributed by atoms with Crippen molar-refractivity contribution in [2.24, 2.45) is 0 Å². The molecule has 0 bridgehead atoms. The van der Waals surface area contributed by atoms with Crippen LogP contribution < -0.4 is 9.47 Å². The molecule has 0 aromatic heterocycles. The van der Waals surface area contributed by atoms with Crippen LogP contribution in [-0.2, 0) is 18.3 Å². The molecule has 1 unspecified atom stereocenters. The van der Waals surface area contributed by atoms with Crippen molar-refractivity contribution < 1.29 is 9.47 Å². The van der Waals surface area contributed by atoms with Gasteiger partial charge in [0.25, 0.3) is 0 Å². The van der Waals surface area contributed by atoms with Crippen LogP contribution in [0.25, 0.3) is 0 Å². The van der Waals surface area contributed by atoms with Gasteiger partial charge in [0.05, 0.1) is 25.7 Å². The van der Waals surface area contributed by atoms with E-state index < -0.39 is 5.41 Å². The number of methoxy groups -OCH3 is 2. The zero-order chi connectivity index (χ0) is 21.8. The third kappa shape index (κ3) is 4.16. The van der Waals surface area contributed by atoms with Gasteiger partial charge >= 0.3 is 0 Å². The lowest BCUT2D eigenvalue weighted by Gasteiger charge is -2.44. The fraction of sp³-hybridized carbons (Fsp3) is 0.519. The van der Waals surface area contributed by atoms with Gasteiger partial charge in [0.2, 0.25) is 0 Å². The quantitative estimate of drug-likeness (QED) is 0.640. The number of nitrogens with zero attached hydrogens (tertiary/aromatic N) is 2. The molecule has 0 aliphatic heterocycles. The Kier molecular flexibility index (Phi) is 6.53. The van der Waals surface area contributed by atoms with Crippen molar-refractivity contribution >= 4 is 0 Å². The molecule has 2 aromatic rings. The lowest BCUT2D eigenvalue weighted by molar-refractivity contribution is 0.0887. The fourth-order valence-electron chi connectivity index (χ4n) is 5.80. The number of nitriles is 1. The molecule has 2 aliphatic rings. The smallest absolute Gasteiger partial charge is 0.161 e. The highest BCUT2D eigenvalue weighted by molar-refractivity contribution is 5.47. The average Bonchev–Trinajstić information content (AvgIpc) is 2.84. The monoisotopic (exact) mass is 418 g/mol. The van der Waals surface area contributed by atoms with Crippen LogP contribution in [0, 0.1) is 11.3 Å².